The lowest BCUT2D eigenvalue weighted by Crippen LogP contribution is -2.30. The Labute approximate surface area is 124 Å². The molecule has 1 aromatic carbocycles. The maximum Gasteiger partial charge on any atom is 0.133 e. The molecule has 104 valence electrons. The van der Waals surface area contributed by atoms with Crippen molar-refractivity contribution in [2.75, 3.05) is 19.7 Å². The van der Waals surface area contributed by atoms with Crippen LogP contribution in [0.2, 0.25) is 0 Å². The van der Waals surface area contributed by atoms with Crippen molar-refractivity contribution in [3.63, 3.8) is 0 Å². The third-order valence-corrected chi connectivity index (χ3v) is 4.75. The van der Waals surface area contributed by atoms with Gasteiger partial charge in [-0.2, -0.15) is 0 Å². The maximum absolute atomic E-state index is 5.93. The Morgan fingerprint density at radius 1 is 1.21 bits per heavy atom. The van der Waals surface area contributed by atoms with Crippen molar-refractivity contribution in [3.05, 3.63) is 28.2 Å². The first kappa shape index (κ1) is 13.4. The lowest BCUT2D eigenvalue weighted by Gasteiger charge is -2.23. The van der Waals surface area contributed by atoms with E-state index in [0.717, 1.165) is 35.2 Å². The zero-order valence-electron chi connectivity index (χ0n) is 11.3. The minimum Gasteiger partial charge on any atom is -0.492 e. The number of rotatable bonds is 5. The van der Waals surface area contributed by atoms with Gasteiger partial charge in [-0.05, 0) is 90.7 Å². The molecule has 19 heavy (non-hydrogen) atoms. The van der Waals surface area contributed by atoms with E-state index in [-0.39, 0.29) is 0 Å². The minimum atomic E-state index is 0.784. The van der Waals surface area contributed by atoms with Crippen molar-refractivity contribution in [2.24, 2.45) is 11.8 Å². The highest BCUT2D eigenvalue weighted by Gasteiger charge is 2.22. The van der Waals surface area contributed by atoms with E-state index in [1.807, 2.05) is 0 Å². The molecule has 2 nitrogen and oxygen atoms in total. The van der Waals surface area contributed by atoms with Gasteiger partial charge < -0.3 is 10.1 Å². The van der Waals surface area contributed by atoms with Crippen LogP contribution >= 0.6 is 15.9 Å². The number of piperidine rings is 1. The number of halogens is 1. The fourth-order valence-electron chi connectivity index (χ4n) is 2.71. The molecule has 0 amide bonds. The van der Waals surface area contributed by atoms with Gasteiger partial charge in [0.1, 0.15) is 5.75 Å². The van der Waals surface area contributed by atoms with E-state index < -0.39 is 0 Å². The Bertz CT molecular complexity index is 425. The average molecular weight is 324 g/mol. The van der Waals surface area contributed by atoms with E-state index in [0.29, 0.717) is 0 Å². The predicted molar refractivity (Wildman–Crippen MR) is 81.7 cm³/mol. The summed E-state index contributed by atoms with van der Waals surface area (Å²) in [7, 11) is 0. The second kappa shape index (κ2) is 6.27. The molecule has 0 spiro atoms. The van der Waals surface area contributed by atoms with Gasteiger partial charge in [0.15, 0.2) is 0 Å². The fourth-order valence-corrected chi connectivity index (χ4v) is 3.07. The number of hydrogen-bond acceptors (Lipinski definition) is 2. The monoisotopic (exact) mass is 323 g/mol. The quantitative estimate of drug-likeness (QED) is 0.890. The molecule has 3 heteroatoms. The van der Waals surface area contributed by atoms with Gasteiger partial charge in [0.2, 0.25) is 0 Å². The first-order valence-corrected chi connectivity index (χ1v) is 8.22. The smallest absolute Gasteiger partial charge is 0.133 e. The van der Waals surface area contributed by atoms with Gasteiger partial charge in [-0.15, -0.1) is 0 Å². The van der Waals surface area contributed by atoms with Crippen LogP contribution < -0.4 is 10.1 Å². The molecular formula is C16H22BrNO. The third-order valence-electron chi connectivity index (χ3n) is 4.09. The van der Waals surface area contributed by atoms with Crippen LogP contribution in [0.5, 0.6) is 5.75 Å². The average Bonchev–Trinajstić information content (AvgIpc) is 3.25. The van der Waals surface area contributed by atoms with Crippen LogP contribution in [0.25, 0.3) is 0 Å². The summed E-state index contributed by atoms with van der Waals surface area (Å²) in [6.07, 6.45) is 6.50. The summed E-state index contributed by atoms with van der Waals surface area (Å²) >= 11 is 3.59. The Balaban J connectivity index is 1.61. The van der Waals surface area contributed by atoms with Crippen LogP contribution in [-0.4, -0.2) is 19.7 Å². The molecule has 3 rings (SSSR count). The van der Waals surface area contributed by atoms with Crippen molar-refractivity contribution in [1.29, 1.82) is 0 Å². The Morgan fingerprint density at radius 3 is 2.84 bits per heavy atom. The zero-order chi connectivity index (χ0) is 13.1. The van der Waals surface area contributed by atoms with Crippen LogP contribution in [0.3, 0.4) is 0 Å². The van der Waals surface area contributed by atoms with E-state index in [2.05, 4.69) is 39.4 Å². The molecule has 2 aliphatic rings. The second-order valence-corrected chi connectivity index (χ2v) is 6.79. The van der Waals surface area contributed by atoms with Gasteiger partial charge in [-0.3, -0.25) is 0 Å². The van der Waals surface area contributed by atoms with Crippen molar-refractivity contribution >= 4 is 15.9 Å². The first-order valence-electron chi connectivity index (χ1n) is 7.43. The highest BCUT2D eigenvalue weighted by atomic mass is 79.9. The predicted octanol–water partition coefficient (Wildman–Crippen LogP) is 3.78. The fraction of sp³-hybridized carbons (Fsp3) is 0.625. The molecule has 2 fully saturated rings. The molecule has 0 aromatic heterocycles. The summed E-state index contributed by atoms with van der Waals surface area (Å²) in [5.74, 6) is 2.61. The Kier molecular flexibility index (Phi) is 4.44. The van der Waals surface area contributed by atoms with Crippen molar-refractivity contribution in [3.8, 4) is 5.75 Å². The van der Waals surface area contributed by atoms with Crippen molar-refractivity contribution in [1.82, 2.24) is 5.32 Å². The zero-order valence-corrected chi connectivity index (χ0v) is 12.9. The molecule has 1 saturated carbocycles. The lowest BCUT2D eigenvalue weighted by atomic mass is 9.92. The summed E-state index contributed by atoms with van der Waals surface area (Å²) in [6.45, 7) is 3.23. The summed E-state index contributed by atoms with van der Waals surface area (Å²) in [4.78, 5) is 0. The van der Waals surface area contributed by atoms with Gasteiger partial charge in [-0.25, -0.2) is 0 Å². The van der Waals surface area contributed by atoms with E-state index in [4.69, 9.17) is 4.74 Å². The molecule has 1 heterocycles. The largest absolute Gasteiger partial charge is 0.492 e. The van der Waals surface area contributed by atoms with Gasteiger partial charge in [-0.1, -0.05) is 6.07 Å². The molecular weight excluding hydrogens is 302 g/mol. The molecule has 1 aromatic rings. The molecule has 0 bridgehead atoms. The number of benzene rings is 1. The molecule has 1 aliphatic heterocycles. The molecule has 1 unspecified atom stereocenters. The summed E-state index contributed by atoms with van der Waals surface area (Å²) in [5.41, 5.74) is 1.41. The van der Waals surface area contributed by atoms with Crippen LogP contribution in [0.1, 0.15) is 31.2 Å². The van der Waals surface area contributed by atoms with Gasteiger partial charge >= 0.3 is 0 Å². The topological polar surface area (TPSA) is 21.3 Å². The van der Waals surface area contributed by atoms with E-state index in [9.17, 15) is 0 Å². The van der Waals surface area contributed by atoms with Crippen LogP contribution in [0.4, 0.5) is 0 Å². The van der Waals surface area contributed by atoms with Crippen molar-refractivity contribution < 1.29 is 4.74 Å². The van der Waals surface area contributed by atoms with Crippen molar-refractivity contribution in [2.45, 2.75) is 32.1 Å². The molecule has 1 atom stereocenters. The third kappa shape index (κ3) is 3.96. The number of nitrogens with one attached hydrogen (secondary N) is 1. The molecule has 1 N–H and O–H groups in total. The van der Waals surface area contributed by atoms with E-state index in [1.165, 1.54) is 44.2 Å². The van der Waals surface area contributed by atoms with Crippen LogP contribution in [0.15, 0.2) is 22.7 Å². The highest BCUT2D eigenvalue weighted by Crippen LogP contribution is 2.32. The van der Waals surface area contributed by atoms with Crippen LogP contribution in [-0.2, 0) is 6.42 Å². The number of ether oxygens (including phenoxy) is 1. The SMILES string of the molecule is Brc1ccc(CC2CCCNC2)cc1OCC1CC1. The first-order chi connectivity index (χ1) is 9.31. The number of hydrogen-bond donors (Lipinski definition) is 1. The highest BCUT2D eigenvalue weighted by molar-refractivity contribution is 9.10. The van der Waals surface area contributed by atoms with Gasteiger partial charge in [0.25, 0.3) is 0 Å². The molecule has 1 saturated heterocycles. The summed E-state index contributed by atoms with van der Waals surface area (Å²) < 4.78 is 7.01. The Morgan fingerprint density at radius 2 is 2.11 bits per heavy atom. The maximum atomic E-state index is 5.93. The summed E-state index contributed by atoms with van der Waals surface area (Å²) in [6, 6.07) is 6.58. The van der Waals surface area contributed by atoms with Crippen LogP contribution in [0, 0.1) is 11.8 Å². The molecule has 0 radical (unpaired) electrons. The van der Waals surface area contributed by atoms with Gasteiger partial charge in [0, 0.05) is 0 Å². The second-order valence-electron chi connectivity index (χ2n) is 5.94. The van der Waals surface area contributed by atoms with Gasteiger partial charge in [0.05, 0.1) is 11.1 Å². The van der Waals surface area contributed by atoms with E-state index in [1.54, 1.807) is 0 Å². The normalized spacial score (nSPS) is 23.3. The standard InChI is InChI=1S/C16H22BrNO/c17-15-6-5-13(8-14-2-1-7-18-10-14)9-16(15)19-11-12-3-4-12/h5-6,9,12,14,18H,1-4,7-8,10-11H2. The lowest BCUT2D eigenvalue weighted by molar-refractivity contribution is 0.297. The summed E-state index contributed by atoms with van der Waals surface area (Å²) in [5, 5.41) is 3.49. The molecule has 1 aliphatic carbocycles. The minimum absolute atomic E-state index is 0.784. The Hall–Kier alpha value is -0.540. The van der Waals surface area contributed by atoms with E-state index >= 15 is 0 Å².